The summed E-state index contributed by atoms with van der Waals surface area (Å²) in [5.41, 5.74) is 0.716. The quantitative estimate of drug-likeness (QED) is 0.535. The molecule has 1 fully saturated rings. The van der Waals surface area contributed by atoms with Crippen molar-refractivity contribution in [1.82, 2.24) is 0 Å². The molecule has 1 saturated carbocycles. The zero-order valence-electron chi connectivity index (χ0n) is 14.8. The molecule has 0 saturated heterocycles. The maximum atomic E-state index is 11.6. The predicted octanol–water partition coefficient (Wildman–Crippen LogP) is 5.66. The highest BCUT2D eigenvalue weighted by Gasteiger charge is 2.13. The Morgan fingerprint density at radius 1 is 0.800 bits per heavy atom. The molecular weight excluding hydrogens is 312 g/mol. The molecule has 3 heteroatoms. The summed E-state index contributed by atoms with van der Waals surface area (Å²) in [6.45, 7) is 2.32. The summed E-state index contributed by atoms with van der Waals surface area (Å²) in [5, 5.41) is 0. The van der Waals surface area contributed by atoms with Crippen LogP contribution in [0.1, 0.15) is 66.2 Å². The molecule has 0 aliphatic heterocycles. The molecule has 0 heterocycles. The van der Waals surface area contributed by atoms with Crippen molar-refractivity contribution < 1.29 is 14.3 Å². The van der Waals surface area contributed by atoms with E-state index in [0.717, 1.165) is 5.92 Å². The smallest absolute Gasteiger partial charge is 0.346 e. The fourth-order valence-corrected chi connectivity index (χ4v) is 2.95. The lowest BCUT2D eigenvalue weighted by Gasteiger charge is -2.18. The summed E-state index contributed by atoms with van der Waals surface area (Å²) < 4.78 is 4.74. The van der Waals surface area contributed by atoms with Crippen LogP contribution in [0.5, 0.6) is 0 Å². The van der Waals surface area contributed by atoms with E-state index in [1.165, 1.54) is 38.5 Å². The molecular formula is C22H26O3. The first-order valence-corrected chi connectivity index (χ1v) is 9.07. The van der Waals surface area contributed by atoms with Crippen LogP contribution in [-0.2, 0) is 4.74 Å². The zero-order valence-corrected chi connectivity index (χ0v) is 14.8. The van der Waals surface area contributed by atoms with Crippen molar-refractivity contribution in [2.75, 3.05) is 0 Å². The minimum atomic E-state index is -0.639. The second kappa shape index (κ2) is 10.4. The van der Waals surface area contributed by atoms with Gasteiger partial charge in [-0.1, -0.05) is 81.8 Å². The monoisotopic (exact) mass is 338 g/mol. The van der Waals surface area contributed by atoms with Gasteiger partial charge >= 0.3 is 11.9 Å². The molecule has 2 aromatic rings. The number of esters is 2. The van der Waals surface area contributed by atoms with E-state index in [-0.39, 0.29) is 0 Å². The van der Waals surface area contributed by atoms with Crippen LogP contribution < -0.4 is 0 Å². The highest BCUT2D eigenvalue weighted by Crippen LogP contribution is 2.25. The van der Waals surface area contributed by atoms with Crippen molar-refractivity contribution in [3.8, 4) is 0 Å². The molecule has 0 amide bonds. The lowest BCUT2D eigenvalue weighted by molar-refractivity contribution is 0.0398. The molecule has 132 valence electrons. The minimum absolute atomic E-state index is 0.358. The van der Waals surface area contributed by atoms with Crippen molar-refractivity contribution in [2.24, 2.45) is 5.92 Å². The molecule has 0 atom stereocenters. The van der Waals surface area contributed by atoms with Gasteiger partial charge in [0.25, 0.3) is 0 Å². The van der Waals surface area contributed by atoms with Gasteiger partial charge in [0.15, 0.2) is 0 Å². The molecule has 3 nitrogen and oxygen atoms in total. The van der Waals surface area contributed by atoms with Gasteiger partial charge in [0.2, 0.25) is 0 Å². The summed E-state index contributed by atoms with van der Waals surface area (Å²) >= 11 is 0. The third-order valence-electron chi connectivity index (χ3n) is 4.51. The summed E-state index contributed by atoms with van der Waals surface area (Å²) in [7, 11) is 0. The highest BCUT2D eigenvalue weighted by molar-refractivity contribution is 6.02. The first-order chi connectivity index (χ1) is 12.2. The van der Waals surface area contributed by atoms with E-state index in [2.05, 4.69) is 6.92 Å². The van der Waals surface area contributed by atoms with E-state index < -0.39 is 11.9 Å². The fraction of sp³-hybridized carbons (Fsp3) is 0.364. The normalized spacial score (nSPS) is 14.1. The fourth-order valence-electron chi connectivity index (χ4n) is 2.95. The Balaban J connectivity index is 0.000000236. The molecule has 3 rings (SSSR count). The van der Waals surface area contributed by atoms with Gasteiger partial charge in [-0.3, -0.25) is 0 Å². The second-order valence-electron chi connectivity index (χ2n) is 6.32. The topological polar surface area (TPSA) is 43.4 Å². The van der Waals surface area contributed by atoms with Gasteiger partial charge in [0.05, 0.1) is 11.1 Å². The Hall–Kier alpha value is -2.42. The Labute approximate surface area is 150 Å². The SMILES string of the molecule is CCC1CCCCC1.O=C(OC(=O)c1ccccc1)c1ccccc1. The Morgan fingerprint density at radius 3 is 1.60 bits per heavy atom. The van der Waals surface area contributed by atoms with Gasteiger partial charge < -0.3 is 4.74 Å². The standard InChI is InChI=1S/C14H10O3.C8H16/c15-13(11-7-3-1-4-8-11)17-14(16)12-9-5-2-6-10-12;1-2-8-6-4-3-5-7-8/h1-10H;8H,2-7H2,1H3. The molecule has 0 aromatic heterocycles. The molecule has 1 aliphatic carbocycles. The van der Waals surface area contributed by atoms with Crippen molar-refractivity contribution in [2.45, 2.75) is 45.4 Å². The summed E-state index contributed by atoms with van der Waals surface area (Å²) in [6.07, 6.45) is 8.93. The average Bonchev–Trinajstić information content (AvgIpc) is 2.70. The van der Waals surface area contributed by atoms with E-state index in [1.807, 2.05) is 0 Å². The van der Waals surface area contributed by atoms with Crippen LogP contribution in [0.2, 0.25) is 0 Å². The van der Waals surface area contributed by atoms with Crippen LogP contribution in [0, 0.1) is 5.92 Å². The van der Waals surface area contributed by atoms with Crippen LogP contribution >= 0.6 is 0 Å². The number of benzene rings is 2. The molecule has 2 aromatic carbocycles. The molecule has 0 radical (unpaired) electrons. The lowest BCUT2D eigenvalue weighted by atomic mass is 9.88. The van der Waals surface area contributed by atoms with Crippen molar-refractivity contribution in [3.63, 3.8) is 0 Å². The van der Waals surface area contributed by atoms with Crippen LogP contribution in [0.15, 0.2) is 60.7 Å². The van der Waals surface area contributed by atoms with E-state index in [0.29, 0.717) is 11.1 Å². The number of rotatable bonds is 3. The Bertz CT molecular complexity index is 594. The zero-order chi connectivity index (χ0) is 17.9. The van der Waals surface area contributed by atoms with E-state index in [4.69, 9.17) is 4.74 Å². The van der Waals surface area contributed by atoms with E-state index in [1.54, 1.807) is 60.7 Å². The maximum Gasteiger partial charge on any atom is 0.346 e. The van der Waals surface area contributed by atoms with Crippen LogP contribution in [-0.4, -0.2) is 11.9 Å². The number of carbonyl (C=O) groups is 2. The predicted molar refractivity (Wildman–Crippen MR) is 99.5 cm³/mol. The summed E-state index contributed by atoms with van der Waals surface area (Å²) in [5.74, 6) is -0.192. The summed E-state index contributed by atoms with van der Waals surface area (Å²) in [4.78, 5) is 23.2. The van der Waals surface area contributed by atoms with Gasteiger partial charge in [-0.05, 0) is 30.2 Å². The van der Waals surface area contributed by atoms with Crippen molar-refractivity contribution in [1.29, 1.82) is 0 Å². The molecule has 0 unspecified atom stereocenters. The van der Waals surface area contributed by atoms with Crippen molar-refractivity contribution in [3.05, 3.63) is 71.8 Å². The third-order valence-corrected chi connectivity index (χ3v) is 4.51. The molecule has 1 aliphatic rings. The van der Waals surface area contributed by atoms with Gasteiger partial charge in [-0.2, -0.15) is 0 Å². The third kappa shape index (κ3) is 6.54. The van der Waals surface area contributed by atoms with Gasteiger partial charge in [-0.25, -0.2) is 9.59 Å². The van der Waals surface area contributed by atoms with E-state index >= 15 is 0 Å². The maximum absolute atomic E-state index is 11.6. The number of ether oxygens (including phenoxy) is 1. The first-order valence-electron chi connectivity index (χ1n) is 9.07. The van der Waals surface area contributed by atoms with Gasteiger partial charge in [-0.15, -0.1) is 0 Å². The van der Waals surface area contributed by atoms with Crippen LogP contribution in [0.3, 0.4) is 0 Å². The molecule has 0 spiro atoms. The molecule has 0 bridgehead atoms. The van der Waals surface area contributed by atoms with Crippen LogP contribution in [0.4, 0.5) is 0 Å². The van der Waals surface area contributed by atoms with E-state index in [9.17, 15) is 9.59 Å². The van der Waals surface area contributed by atoms with Crippen molar-refractivity contribution >= 4 is 11.9 Å². The molecule has 25 heavy (non-hydrogen) atoms. The van der Waals surface area contributed by atoms with Gasteiger partial charge in [0, 0.05) is 0 Å². The largest absolute Gasteiger partial charge is 0.386 e. The minimum Gasteiger partial charge on any atom is -0.386 e. The molecule has 0 N–H and O–H groups in total. The first kappa shape index (κ1) is 18.9. The second-order valence-corrected chi connectivity index (χ2v) is 6.32. The van der Waals surface area contributed by atoms with Gasteiger partial charge in [0.1, 0.15) is 0 Å². The average molecular weight is 338 g/mol. The number of hydrogen-bond acceptors (Lipinski definition) is 3. The highest BCUT2D eigenvalue weighted by atomic mass is 16.6. The Kier molecular flexibility index (Phi) is 7.90. The lowest BCUT2D eigenvalue weighted by Crippen LogP contribution is -2.12. The Morgan fingerprint density at radius 2 is 1.24 bits per heavy atom. The summed E-state index contributed by atoms with van der Waals surface area (Å²) in [6, 6.07) is 16.8. The number of hydrogen-bond donors (Lipinski definition) is 0. The number of carbonyl (C=O) groups excluding carboxylic acids is 2. The van der Waals surface area contributed by atoms with Crippen LogP contribution in [0.25, 0.3) is 0 Å².